The van der Waals surface area contributed by atoms with Crippen LogP contribution in [0.2, 0.25) is 10.0 Å². The summed E-state index contributed by atoms with van der Waals surface area (Å²) < 4.78 is 16.1. The van der Waals surface area contributed by atoms with Crippen molar-refractivity contribution in [3.8, 4) is 17.2 Å². The molecule has 0 atom stereocenters. The molecule has 0 aliphatic carbocycles. The quantitative estimate of drug-likeness (QED) is 0.242. The molecule has 0 aliphatic rings. The lowest BCUT2D eigenvalue weighted by Gasteiger charge is -2.13. The first-order valence-electron chi connectivity index (χ1n) is 7.28. The van der Waals surface area contributed by atoms with Crippen LogP contribution in [0.3, 0.4) is 0 Å². The Balaban J connectivity index is 2.12. The molecule has 2 rings (SSSR count). The summed E-state index contributed by atoms with van der Waals surface area (Å²) in [4.78, 5) is 21.9. The predicted octanol–water partition coefficient (Wildman–Crippen LogP) is 5.00. The first kappa shape index (κ1) is 21.0. The maximum absolute atomic E-state index is 12.1. The fourth-order valence-corrected chi connectivity index (χ4v) is 2.82. The first-order valence-corrected chi connectivity index (χ1v) is 8.83. The average molecular weight is 477 g/mol. The van der Waals surface area contributed by atoms with Gasteiger partial charge in [0.15, 0.2) is 18.1 Å². The van der Waals surface area contributed by atoms with Gasteiger partial charge in [-0.2, -0.15) is 0 Å². The molecule has 7 nitrogen and oxygen atoms in total. The van der Waals surface area contributed by atoms with Crippen LogP contribution >= 0.6 is 39.1 Å². The first-order chi connectivity index (χ1) is 12.8. The van der Waals surface area contributed by atoms with Crippen LogP contribution in [0.5, 0.6) is 17.2 Å². The molecule has 10 heteroatoms. The fourth-order valence-electron chi connectivity index (χ4n) is 1.95. The molecule has 0 heterocycles. The van der Waals surface area contributed by atoms with Gasteiger partial charge in [0, 0.05) is 17.2 Å². The van der Waals surface area contributed by atoms with Crippen LogP contribution < -0.4 is 14.2 Å². The van der Waals surface area contributed by atoms with E-state index in [9.17, 15) is 14.9 Å². The van der Waals surface area contributed by atoms with E-state index >= 15 is 0 Å². The molecule has 0 saturated heterocycles. The molecule has 27 heavy (non-hydrogen) atoms. The van der Waals surface area contributed by atoms with Crippen molar-refractivity contribution in [2.45, 2.75) is 0 Å². The van der Waals surface area contributed by atoms with Gasteiger partial charge in [-0.3, -0.25) is 10.1 Å². The van der Waals surface area contributed by atoms with Crippen molar-refractivity contribution >= 4 is 51.2 Å². The third-order valence-electron chi connectivity index (χ3n) is 3.10. The van der Waals surface area contributed by atoms with E-state index in [0.717, 1.165) is 6.20 Å². The monoisotopic (exact) mass is 475 g/mol. The molecule has 0 unspecified atom stereocenters. The molecule has 2 aromatic carbocycles. The Morgan fingerprint density at radius 2 is 2.00 bits per heavy atom. The van der Waals surface area contributed by atoms with Gasteiger partial charge in [-0.1, -0.05) is 23.2 Å². The van der Waals surface area contributed by atoms with Crippen LogP contribution in [0, 0.1) is 10.1 Å². The number of methoxy groups -OCH3 is 1. The summed E-state index contributed by atoms with van der Waals surface area (Å²) in [5.41, 5.74) is 0.484. The normalized spacial score (nSPS) is 10.7. The van der Waals surface area contributed by atoms with Crippen LogP contribution in [0.15, 0.2) is 41.0 Å². The second-order valence-corrected chi connectivity index (χ2v) is 6.67. The Labute approximate surface area is 172 Å². The van der Waals surface area contributed by atoms with Crippen LogP contribution in [-0.4, -0.2) is 24.6 Å². The number of halogens is 3. The Hall–Kier alpha value is -2.29. The number of nitrogens with zero attached hydrogens (tertiary/aromatic N) is 1. The third-order valence-corrected chi connectivity index (χ3v) is 4.23. The van der Waals surface area contributed by atoms with Crippen LogP contribution in [-0.2, 0) is 4.79 Å². The summed E-state index contributed by atoms with van der Waals surface area (Å²) in [5, 5.41) is 11.1. The van der Waals surface area contributed by atoms with E-state index in [-0.39, 0.29) is 17.2 Å². The average Bonchev–Trinajstić information content (AvgIpc) is 2.62. The molecule has 0 bridgehead atoms. The summed E-state index contributed by atoms with van der Waals surface area (Å²) in [5.74, 6) is -0.144. The van der Waals surface area contributed by atoms with E-state index in [1.54, 1.807) is 18.2 Å². The van der Waals surface area contributed by atoms with Gasteiger partial charge in [0.2, 0.25) is 6.20 Å². The maximum Gasteiger partial charge on any atom is 0.349 e. The highest BCUT2D eigenvalue weighted by atomic mass is 79.9. The maximum atomic E-state index is 12.1. The second kappa shape index (κ2) is 9.59. The van der Waals surface area contributed by atoms with Gasteiger partial charge in [0.25, 0.3) is 0 Å². The second-order valence-electron chi connectivity index (χ2n) is 4.97. The van der Waals surface area contributed by atoms with Crippen molar-refractivity contribution < 1.29 is 23.9 Å². The zero-order chi connectivity index (χ0) is 20.0. The molecule has 142 valence electrons. The summed E-state index contributed by atoms with van der Waals surface area (Å²) in [6, 6.07) is 7.64. The summed E-state index contributed by atoms with van der Waals surface area (Å²) in [7, 11) is 1.38. The zero-order valence-corrected chi connectivity index (χ0v) is 16.9. The number of ether oxygens (including phenoxy) is 3. The van der Waals surface area contributed by atoms with Gasteiger partial charge in [-0.05, 0) is 45.8 Å². The van der Waals surface area contributed by atoms with E-state index < -0.39 is 17.5 Å². The van der Waals surface area contributed by atoms with E-state index in [4.69, 9.17) is 37.4 Å². The molecule has 2 aromatic rings. The Morgan fingerprint density at radius 3 is 2.67 bits per heavy atom. The highest BCUT2D eigenvalue weighted by Gasteiger charge is 2.16. The Bertz CT molecular complexity index is 903. The number of hydrogen-bond donors (Lipinski definition) is 0. The molecule has 0 aliphatic heterocycles. The highest BCUT2D eigenvalue weighted by Crippen LogP contribution is 2.37. The number of rotatable bonds is 7. The van der Waals surface area contributed by atoms with Crippen molar-refractivity contribution in [2.75, 3.05) is 13.7 Å². The van der Waals surface area contributed by atoms with Gasteiger partial charge < -0.3 is 14.2 Å². The van der Waals surface area contributed by atoms with Gasteiger partial charge in [-0.15, -0.1) is 0 Å². The molecule has 0 spiro atoms. The molecule has 0 radical (unpaired) electrons. The molecule has 0 N–H and O–H groups in total. The minimum Gasteiger partial charge on any atom is -0.493 e. The Kier molecular flexibility index (Phi) is 7.46. The van der Waals surface area contributed by atoms with E-state index in [1.165, 1.54) is 25.3 Å². The SMILES string of the molecule is COc1cc(C=C[N+](=O)[O-])cc(Br)c1OC(=O)COc1cc(Cl)ccc1Cl. The molecule has 0 amide bonds. The van der Waals surface area contributed by atoms with Gasteiger partial charge in [-0.25, -0.2) is 4.79 Å². The third kappa shape index (κ3) is 6.13. The summed E-state index contributed by atoms with van der Waals surface area (Å²) in [6.07, 6.45) is 2.07. The van der Waals surface area contributed by atoms with Crippen molar-refractivity contribution in [1.82, 2.24) is 0 Å². The molecule has 0 aromatic heterocycles. The smallest absolute Gasteiger partial charge is 0.349 e. The van der Waals surface area contributed by atoms with Crippen LogP contribution in [0.1, 0.15) is 5.56 Å². The zero-order valence-electron chi connectivity index (χ0n) is 13.8. The van der Waals surface area contributed by atoms with Gasteiger partial charge >= 0.3 is 5.97 Å². The van der Waals surface area contributed by atoms with Crippen molar-refractivity contribution in [1.29, 1.82) is 0 Å². The summed E-state index contributed by atoms with van der Waals surface area (Å²) in [6.45, 7) is -0.418. The topological polar surface area (TPSA) is 87.9 Å². The lowest BCUT2D eigenvalue weighted by molar-refractivity contribution is -0.400. The molecule has 0 saturated carbocycles. The van der Waals surface area contributed by atoms with Gasteiger partial charge in [0.1, 0.15) is 5.75 Å². The number of carbonyl (C=O) groups excluding carboxylic acids is 1. The predicted molar refractivity (Wildman–Crippen MR) is 104 cm³/mol. The Morgan fingerprint density at radius 1 is 1.26 bits per heavy atom. The largest absolute Gasteiger partial charge is 0.493 e. The lowest BCUT2D eigenvalue weighted by Crippen LogP contribution is -2.18. The van der Waals surface area contributed by atoms with E-state index in [2.05, 4.69) is 15.9 Å². The van der Waals surface area contributed by atoms with E-state index in [1.807, 2.05) is 0 Å². The fraction of sp³-hybridized carbons (Fsp3) is 0.118. The number of carbonyl (C=O) groups is 1. The minimum absolute atomic E-state index is 0.113. The lowest BCUT2D eigenvalue weighted by atomic mass is 10.2. The van der Waals surface area contributed by atoms with E-state index in [0.29, 0.717) is 20.1 Å². The molecule has 0 fully saturated rings. The van der Waals surface area contributed by atoms with Crippen LogP contribution in [0.25, 0.3) is 6.08 Å². The number of esters is 1. The highest BCUT2D eigenvalue weighted by molar-refractivity contribution is 9.10. The van der Waals surface area contributed by atoms with Crippen molar-refractivity contribution in [3.05, 3.63) is 66.7 Å². The molecular formula is C17H12BrCl2NO6. The standard InChI is InChI=1S/C17H12BrCl2NO6/c1-25-15-7-10(4-5-21(23)24)6-12(18)17(15)27-16(22)9-26-14-8-11(19)2-3-13(14)20/h2-8H,9H2,1H3. The van der Waals surface area contributed by atoms with Crippen molar-refractivity contribution in [3.63, 3.8) is 0 Å². The molecular weight excluding hydrogens is 465 g/mol. The van der Waals surface area contributed by atoms with Crippen LogP contribution in [0.4, 0.5) is 0 Å². The summed E-state index contributed by atoms with van der Waals surface area (Å²) >= 11 is 15.1. The minimum atomic E-state index is -0.710. The number of benzene rings is 2. The van der Waals surface area contributed by atoms with Crippen molar-refractivity contribution in [2.24, 2.45) is 0 Å². The number of hydrogen-bond acceptors (Lipinski definition) is 6. The number of nitro groups is 1. The van der Waals surface area contributed by atoms with Gasteiger partial charge in [0.05, 0.1) is 21.5 Å².